The van der Waals surface area contributed by atoms with Crippen LogP contribution in [0.25, 0.3) is 0 Å². The molecule has 0 atom stereocenters. The maximum Gasteiger partial charge on any atom is 0.243 e. The zero-order valence-electron chi connectivity index (χ0n) is 10.7. The number of hydrogen-bond donors (Lipinski definition) is 0. The van der Waals surface area contributed by atoms with Gasteiger partial charge in [-0.2, -0.15) is 4.31 Å². The Hall–Kier alpha value is -0.290. The van der Waals surface area contributed by atoms with Gasteiger partial charge < -0.3 is 0 Å². The van der Waals surface area contributed by atoms with Crippen molar-refractivity contribution in [3.63, 3.8) is 0 Å². The molecule has 0 saturated carbocycles. The van der Waals surface area contributed by atoms with E-state index in [0.29, 0.717) is 11.6 Å². The molecule has 0 amide bonds. The lowest BCUT2D eigenvalue weighted by molar-refractivity contribution is 0.369. The van der Waals surface area contributed by atoms with E-state index in [9.17, 15) is 8.42 Å². The molecule has 0 saturated heterocycles. The number of halogens is 2. The first-order valence-electron chi connectivity index (χ1n) is 5.70. The molecule has 0 aliphatic carbocycles. The molecule has 102 valence electrons. The smallest absolute Gasteiger partial charge is 0.207 e. The predicted molar refractivity (Wildman–Crippen MR) is 75.7 cm³/mol. The third kappa shape index (κ3) is 3.18. The molecule has 1 rings (SSSR count). The minimum Gasteiger partial charge on any atom is -0.207 e. The standard InChI is InChI=1S/C12H17Cl2NO2S/c1-4-15(9(2)3)18(16,17)11-6-5-10(8-13)12(14)7-11/h5-7,9H,4,8H2,1-3H3. The first kappa shape index (κ1) is 15.8. The molecule has 18 heavy (non-hydrogen) atoms. The highest BCUT2D eigenvalue weighted by Crippen LogP contribution is 2.25. The fourth-order valence-electron chi connectivity index (χ4n) is 1.74. The summed E-state index contributed by atoms with van der Waals surface area (Å²) in [6.45, 7) is 5.92. The Bertz CT molecular complexity index is 515. The maximum atomic E-state index is 12.4. The van der Waals surface area contributed by atoms with E-state index >= 15 is 0 Å². The third-order valence-electron chi connectivity index (χ3n) is 2.66. The number of nitrogens with zero attached hydrogens (tertiary/aromatic N) is 1. The van der Waals surface area contributed by atoms with Crippen LogP contribution in [0.3, 0.4) is 0 Å². The summed E-state index contributed by atoms with van der Waals surface area (Å²) in [5, 5.41) is 0.380. The van der Waals surface area contributed by atoms with Gasteiger partial charge in [0.2, 0.25) is 10.0 Å². The van der Waals surface area contributed by atoms with E-state index in [4.69, 9.17) is 23.2 Å². The van der Waals surface area contributed by atoms with Crippen LogP contribution < -0.4 is 0 Å². The summed E-state index contributed by atoms with van der Waals surface area (Å²) in [6, 6.07) is 4.56. The number of rotatable bonds is 5. The average molecular weight is 310 g/mol. The summed E-state index contributed by atoms with van der Waals surface area (Å²) < 4.78 is 26.2. The van der Waals surface area contributed by atoms with Crippen molar-refractivity contribution in [3.05, 3.63) is 28.8 Å². The van der Waals surface area contributed by atoms with Gasteiger partial charge in [-0.1, -0.05) is 24.6 Å². The van der Waals surface area contributed by atoms with E-state index in [0.717, 1.165) is 5.56 Å². The average Bonchev–Trinajstić information content (AvgIpc) is 2.28. The summed E-state index contributed by atoms with van der Waals surface area (Å²) in [7, 11) is -3.49. The molecule has 0 radical (unpaired) electrons. The Balaban J connectivity index is 3.24. The minimum atomic E-state index is -3.49. The number of hydrogen-bond acceptors (Lipinski definition) is 2. The van der Waals surface area contributed by atoms with E-state index in [-0.39, 0.29) is 16.8 Å². The zero-order chi connectivity index (χ0) is 13.9. The zero-order valence-corrected chi connectivity index (χ0v) is 13.0. The van der Waals surface area contributed by atoms with Crippen LogP contribution in [0.15, 0.2) is 23.1 Å². The molecule has 0 spiro atoms. The highest BCUT2D eigenvalue weighted by Gasteiger charge is 2.25. The van der Waals surface area contributed by atoms with Crippen LogP contribution in [0, 0.1) is 0 Å². The lowest BCUT2D eigenvalue weighted by atomic mass is 10.2. The molecule has 1 aromatic rings. The monoisotopic (exact) mass is 309 g/mol. The molecule has 0 aliphatic heterocycles. The van der Waals surface area contributed by atoms with Crippen LogP contribution in [0.2, 0.25) is 5.02 Å². The van der Waals surface area contributed by atoms with Crippen molar-refractivity contribution in [2.45, 2.75) is 37.6 Å². The second-order valence-electron chi connectivity index (χ2n) is 4.19. The van der Waals surface area contributed by atoms with Gasteiger partial charge in [0.1, 0.15) is 0 Å². The van der Waals surface area contributed by atoms with Gasteiger partial charge in [0.25, 0.3) is 0 Å². The van der Waals surface area contributed by atoms with Gasteiger partial charge in [-0.25, -0.2) is 8.42 Å². The Kier molecular flexibility index (Phi) is 5.46. The van der Waals surface area contributed by atoms with E-state index in [2.05, 4.69) is 0 Å². The molecule has 6 heteroatoms. The van der Waals surface area contributed by atoms with Crippen molar-refractivity contribution in [1.29, 1.82) is 0 Å². The Morgan fingerprint density at radius 3 is 2.33 bits per heavy atom. The molecule has 0 bridgehead atoms. The van der Waals surface area contributed by atoms with Crippen LogP contribution in [0.4, 0.5) is 0 Å². The first-order valence-corrected chi connectivity index (χ1v) is 8.06. The lowest BCUT2D eigenvalue weighted by Crippen LogP contribution is -2.36. The first-order chi connectivity index (χ1) is 8.34. The summed E-state index contributed by atoms with van der Waals surface area (Å²) in [5.41, 5.74) is 0.727. The van der Waals surface area contributed by atoms with E-state index in [1.54, 1.807) is 12.1 Å². The molecule has 0 aliphatic rings. The van der Waals surface area contributed by atoms with Gasteiger partial charge >= 0.3 is 0 Å². The van der Waals surface area contributed by atoms with Crippen LogP contribution in [0.5, 0.6) is 0 Å². The predicted octanol–water partition coefficient (Wildman–Crippen LogP) is 3.50. The van der Waals surface area contributed by atoms with E-state index in [1.165, 1.54) is 10.4 Å². The Morgan fingerprint density at radius 2 is 1.94 bits per heavy atom. The van der Waals surface area contributed by atoms with Crippen molar-refractivity contribution in [2.75, 3.05) is 6.54 Å². The quantitative estimate of drug-likeness (QED) is 0.781. The Morgan fingerprint density at radius 1 is 1.33 bits per heavy atom. The second-order valence-corrected chi connectivity index (χ2v) is 6.75. The van der Waals surface area contributed by atoms with Gasteiger partial charge in [-0.3, -0.25) is 0 Å². The van der Waals surface area contributed by atoms with Crippen molar-refractivity contribution in [2.24, 2.45) is 0 Å². The van der Waals surface area contributed by atoms with Crippen LogP contribution in [-0.2, 0) is 15.9 Å². The highest BCUT2D eigenvalue weighted by molar-refractivity contribution is 7.89. The normalized spacial score (nSPS) is 12.4. The van der Waals surface area contributed by atoms with E-state index in [1.807, 2.05) is 20.8 Å². The number of benzene rings is 1. The van der Waals surface area contributed by atoms with Crippen molar-refractivity contribution in [3.8, 4) is 0 Å². The lowest BCUT2D eigenvalue weighted by Gasteiger charge is -2.24. The number of alkyl halides is 1. The SMILES string of the molecule is CCN(C(C)C)S(=O)(=O)c1ccc(CCl)c(Cl)c1. The third-order valence-corrected chi connectivity index (χ3v) is 5.45. The van der Waals surface area contributed by atoms with Crippen molar-refractivity contribution < 1.29 is 8.42 Å². The van der Waals surface area contributed by atoms with Crippen molar-refractivity contribution in [1.82, 2.24) is 4.31 Å². The fraction of sp³-hybridized carbons (Fsp3) is 0.500. The molecule has 3 nitrogen and oxygen atoms in total. The Labute approximate surface area is 119 Å². The van der Waals surface area contributed by atoms with Gasteiger partial charge in [-0.05, 0) is 31.5 Å². The maximum absolute atomic E-state index is 12.4. The largest absolute Gasteiger partial charge is 0.243 e. The van der Waals surface area contributed by atoms with Gasteiger partial charge in [0.15, 0.2) is 0 Å². The molecular formula is C12H17Cl2NO2S. The minimum absolute atomic E-state index is 0.0912. The molecule has 0 aromatic heterocycles. The molecular weight excluding hydrogens is 293 g/mol. The fourth-order valence-corrected chi connectivity index (χ4v) is 4.03. The summed E-state index contributed by atoms with van der Waals surface area (Å²) in [5.74, 6) is 0.265. The summed E-state index contributed by atoms with van der Waals surface area (Å²) >= 11 is 11.7. The molecule has 0 heterocycles. The van der Waals surface area contributed by atoms with Crippen molar-refractivity contribution >= 4 is 33.2 Å². The highest BCUT2D eigenvalue weighted by atomic mass is 35.5. The summed E-state index contributed by atoms with van der Waals surface area (Å²) in [4.78, 5) is 0.205. The molecule has 0 fully saturated rings. The van der Waals surface area contributed by atoms with Crippen LogP contribution in [-0.4, -0.2) is 25.3 Å². The van der Waals surface area contributed by atoms with Crippen LogP contribution in [0.1, 0.15) is 26.3 Å². The number of sulfonamides is 1. The molecule has 1 aromatic carbocycles. The topological polar surface area (TPSA) is 37.4 Å². The van der Waals surface area contributed by atoms with Gasteiger partial charge in [0.05, 0.1) is 4.90 Å². The van der Waals surface area contributed by atoms with Gasteiger partial charge in [0, 0.05) is 23.5 Å². The van der Waals surface area contributed by atoms with E-state index < -0.39 is 10.0 Å². The summed E-state index contributed by atoms with van der Waals surface area (Å²) in [6.07, 6.45) is 0. The van der Waals surface area contributed by atoms with Gasteiger partial charge in [-0.15, -0.1) is 11.6 Å². The van der Waals surface area contributed by atoms with Crippen LogP contribution >= 0.6 is 23.2 Å². The molecule has 0 unspecified atom stereocenters. The second kappa shape index (κ2) is 6.24. The molecule has 0 N–H and O–H groups in total.